The normalized spacial score (nSPS) is 29.2. The first-order chi connectivity index (χ1) is 14.3. The van der Waals surface area contributed by atoms with Gasteiger partial charge in [-0.2, -0.15) is 5.10 Å². The van der Waals surface area contributed by atoms with Crippen molar-refractivity contribution in [1.29, 1.82) is 0 Å². The summed E-state index contributed by atoms with van der Waals surface area (Å²) in [5, 5.41) is 4.38. The maximum absolute atomic E-state index is 6.47. The monoisotopic (exact) mass is 400 g/mol. The molecule has 5 heterocycles. The molecule has 2 aromatic heterocycles. The lowest BCUT2D eigenvalue weighted by molar-refractivity contribution is 0.0125. The lowest BCUT2D eigenvalue weighted by Gasteiger charge is -2.31. The zero-order chi connectivity index (χ0) is 19.6. The van der Waals surface area contributed by atoms with Crippen LogP contribution in [0.15, 0.2) is 18.5 Å². The zero-order valence-corrected chi connectivity index (χ0v) is 17.1. The van der Waals surface area contributed by atoms with Crippen LogP contribution in [-0.2, 0) is 9.47 Å². The fourth-order valence-corrected chi connectivity index (χ4v) is 5.15. The molecule has 2 N–H and O–H groups in total. The maximum Gasteiger partial charge on any atom is 0.151 e. The lowest BCUT2D eigenvalue weighted by atomic mass is 10.1. The van der Waals surface area contributed by atoms with Gasteiger partial charge in [0.2, 0.25) is 0 Å². The maximum atomic E-state index is 6.47. The number of fused-ring (bicyclic) bond motifs is 1. The number of nitrogens with zero attached hydrogens (tertiary/aromatic N) is 5. The highest BCUT2D eigenvalue weighted by Gasteiger charge is 2.33. The predicted octanol–water partition coefficient (Wildman–Crippen LogP) is 1.72. The molecular formula is C21H32N6O2. The van der Waals surface area contributed by atoms with E-state index in [-0.39, 0.29) is 6.10 Å². The SMILES string of the molecule is Nc1ncnn2c([C@H]3CC[C@@H](CN4CCC[C@H]4CCN4CCOCC4)O3)ccc12. The molecule has 3 saturated heterocycles. The summed E-state index contributed by atoms with van der Waals surface area (Å²) in [4.78, 5) is 9.30. The molecule has 0 saturated carbocycles. The number of morpholine rings is 1. The van der Waals surface area contributed by atoms with Crippen LogP contribution in [0, 0.1) is 0 Å². The average Bonchev–Trinajstić information content (AvgIpc) is 3.48. The van der Waals surface area contributed by atoms with Crippen LogP contribution in [0.25, 0.3) is 5.52 Å². The van der Waals surface area contributed by atoms with Gasteiger partial charge in [0, 0.05) is 25.7 Å². The van der Waals surface area contributed by atoms with E-state index in [9.17, 15) is 0 Å². The van der Waals surface area contributed by atoms with Gasteiger partial charge in [-0.25, -0.2) is 9.50 Å². The number of rotatable bonds is 6. The molecule has 0 unspecified atom stereocenters. The van der Waals surface area contributed by atoms with Gasteiger partial charge in [0.05, 0.1) is 25.0 Å². The number of aromatic nitrogens is 3. The zero-order valence-electron chi connectivity index (χ0n) is 17.1. The van der Waals surface area contributed by atoms with Crippen molar-refractivity contribution in [2.75, 3.05) is 51.7 Å². The second kappa shape index (κ2) is 8.55. The molecule has 3 aliphatic rings. The van der Waals surface area contributed by atoms with Crippen molar-refractivity contribution >= 4 is 11.3 Å². The van der Waals surface area contributed by atoms with Crippen LogP contribution in [0.4, 0.5) is 5.82 Å². The Morgan fingerprint density at radius 2 is 2.00 bits per heavy atom. The van der Waals surface area contributed by atoms with Gasteiger partial charge in [0.15, 0.2) is 5.82 Å². The summed E-state index contributed by atoms with van der Waals surface area (Å²) in [6.07, 6.45) is 7.93. The van der Waals surface area contributed by atoms with Crippen LogP contribution in [0.5, 0.6) is 0 Å². The van der Waals surface area contributed by atoms with Crippen LogP contribution in [0.1, 0.15) is 43.9 Å². The van der Waals surface area contributed by atoms with E-state index >= 15 is 0 Å². The van der Waals surface area contributed by atoms with E-state index in [1.807, 2.05) is 10.6 Å². The summed E-state index contributed by atoms with van der Waals surface area (Å²) in [6.45, 7) is 7.38. The van der Waals surface area contributed by atoms with Crippen LogP contribution >= 0.6 is 0 Å². The first-order valence-corrected chi connectivity index (χ1v) is 11.1. The fourth-order valence-electron chi connectivity index (χ4n) is 5.15. The number of anilines is 1. The molecule has 8 nitrogen and oxygen atoms in total. The third kappa shape index (κ3) is 4.12. The summed E-state index contributed by atoms with van der Waals surface area (Å²) in [5.41, 5.74) is 7.92. The molecule has 0 spiro atoms. The average molecular weight is 401 g/mol. The molecular weight excluding hydrogens is 368 g/mol. The first-order valence-electron chi connectivity index (χ1n) is 11.1. The summed E-state index contributed by atoms with van der Waals surface area (Å²) in [6, 6.07) is 4.76. The third-order valence-electron chi connectivity index (χ3n) is 6.77. The second-order valence-electron chi connectivity index (χ2n) is 8.56. The van der Waals surface area contributed by atoms with Gasteiger partial charge in [0.25, 0.3) is 0 Å². The minimum Gasteiger partial charge on any atom is -0.382 e. The Balaban J connectivity index is 1.16. The minimum absolute atomic E-state index is 0.0891. The van der Waals surface area contributed by atoms with Crippen LogP contribution < -0.4 is 5.73 Å². The quantitative estimate of drug-likeness (QED) is 0.791. The molecule has 3 atom stereocenters. The number of hydrogen-bond acceptors (Lipinski definition) is 7. The van der Waals surface area contributed by atoms with Gasteiger partial charge in [-0.05, 0) is 57.3 Å². The number of ether oxygens (including phenoxy) is 2. The van der Waals surface area contributed by atoms with Gasteiger partial charge >= 0.3 is 0 Å². The Kier molecular flexibility index (Phi) is 5.67. The molecule has 0 amide bonds. The van der Waals surface area contributed by atoms with Crippen LogP contribution in [-0.4, -0.2) is 82.5 Å². The molecule has 0 bridgehead atoms. The summed E-state index contributed by atoms with van der Waals surface area (Å²) in [7, 11) is 0. The number of likely N-dealkylation sites (tertiary alicyclic amines) is 1. The Morgan fingerprint density at radius 1 is 1.10 bits per heavy atom. The van der Waals surface area contributed by atoms with E-state index in [0.29, 0.717) is 18.0 Å². The highest BCUT2D eigenvalue weighted by Crippen LogP contribution is 2.35. The summed E-state index contributed by atoms with van der Waals surface area (Å²) >= 11 is 0. The molecule has 0 aromatic carbocycles. The van der Waals surface area contributed by atoms with E-state index in [1.165, 1.54) is 38.7 Å². The van der Waals surface area contributed by atoms with Crippen LogP contribution in [0.3, 0.4) is 0 Å². The molecule has 3 aliphatic heterocycles. The van der Waals surface area contributed by atoms with E-state index in [0.717, 1.165) is 56.9 Å². The Labute approximate surface area is 172 Å². The van der Waals surface area contributed by atoms with E-state index < -0.39 is 0 Å². The molecule has 3 fully saturated rings. The number of nitrogens with two attached hydrogens (primary N) is 1. The molecule has 29 heavy (non-hydrogen) atoms. The van der Waals surface area contributed by atoms with Crippen molar-refractivity contribution in [3.8, 4) is 0 Å². The van der Waals surface area contributed by atoms with Gasteiger partial charge in [-0.15, -0.1) is 0 Å². The number of hydrogen-bond donors (Lipinski definition) is 1. The van der Waals surface area contributed by atoms with Crippen molar-refractivity contribution < 1.29 is 9.47 Å². The molecule has 8 heteroatoms. The summed E-state index contributed by atoms with van der Waals surface area (Å²) < 4.78 is 13.8. The minimum atomic E-state index is 0.0891. The number of nitrogen functional groups attached to an aromatic ring is 1. The molecule has 0 radical (unpaired) electrons. The van der Waals surface area contributed by atoms with Gasteiger partial charge in [-0.1, -0.05) is 0 Å². The smallest absolute Gasteiger partial charge is 0.151 e. The lowest BCUT2D eigenvalue weighted by Crippen LogP contribution is -2.41. The topological polar surface area (TPSA) is 81.2 Å². The molecule has 2 aromatic rings. The third-order valence-corrected chi connectivity index (χ3v) is 6.77. The largest absolute Gasteiger partial charge is 0.382 e. The van der Waals surface area contributed by atoms with E-state index in [2.05, 4.69) is 25.9 Å². The van der Waals surface area contributed by atoms with Crippen molar-refractivity contribution in [3.63, 3.8) is 0 Å². The summed E-state index contributed by atoms with van der Waals surface area (Å²) in [5.74, 6) is 0.515. The first kappa shape index (κ1) is 19.2. The molecule has 158 valence electrons. The van der Waals surface area contributed by atoms with E-state index in [4.69, 9.17) is 15.2 Å². The van der Waals surface area contributed by atoms with Gasteiger partial charge < -0.3 is 15.2 Å². The van der Waals surface area contributed by atoms with Gasteiger partial charge in [0.1, 0.15) is 17.9 Å². The highest BCUT2D eigenvalue weighted by atomic mass is 16.5. The van der Waals surface area contributed by atoms with Crippen molar-refractivity contribution in [3.05, 3.63) is 24.2 Å². The Bertz CT molecular complexity index is 821. The molecule has 0 aliphatic carbocycles. The standard InChI is InChI=1S/C21H32N6O2/c22-21-19-5-4-18(27(19)24-15-23-21)20-6-3-17(29-20)14-26-8-1-2-16(26)7-9-25-10-12-28-13-11-25/h4-5,15-17,20H,1-3,6-14H2,(H2,22,23,24)/t16-,17-,20+/m0/s1. The van der Waals surface area contributed by atoms with Gasteiger partial charge in [-0.3, -0.25) is 9.80 Å². The highest BCUT2D eigenvalue weighted by molar-refractivity contribution is 5.65. The Hall–Kier alpha value is -1.74. The molecule has 5 rings (SSSR count). The second-order valence-corrected chi connectivity index (χ2v) is 8.56. The fraction of sp³-hybridized carbons (Fsp3) is 0.714. The predicted molar refractivity (Wildman–Crippen MR) is 111 cm³/mol. The van der Waals surface area contributed by atoms with Crippen molar-refractivity contribution in [1.82, 2.24) is 24.4 Å². The van der Waals surface area contributed by atoms with Crippen molar-refractivity contribution in [2.45, 2.75) is 50.4 Å². The van der Waals surface area contributed by atoms with Crippen LogP contribution in [0.2, 0.25) is 0 Å². The Morgan fingerprint density at radius 3 is 2.90 bits per heavy atom. The van der Waals surface area contributed by atoms with Crippen molar-refractivity contribution in [2.24, 2.45) is 0 Å². The van der Waals surface area contributed by atoms with E-state index in [1.54, 1.807) is 0 Å².